The summed E-state index contributed by atoms with van der Waals surface area (Å²) in [5.74, 6) is 0.469. The second-order valence-electron chi connectivity index (χ2n) is 7.85. The van der Waals surface area contributed by atoms with Crippen molar-refractivity contribution in [1.82, 2.24) is 4.90 Å². The summed E-state index contributed by atoms with van der Waals surface area (Å²) in [6.45, 7) is 2.94. The second kappa shape index (κ2) is 7.74. The van der Waals surface area contributed by atoms with Gasteiger partial charge >= 0.3 is 0 Å². The van der Waals surface area contributed by atoms with E-state index in [-0.39, 0.29) is 11.8 Å². The van der Waals surface area contributed by atoms with E-state index in [1.54, 1.807) is 15.9 Å². The smallest absolute Gasteiger partial charge is 0.268 e. The third kappa shape index (κ3) is 3.24. The van der Waals surface area contributed by atoms with Gasteiger partial charge in [0.2, 0.25) is 0 Å². The number of benzene rings is 3. The molecule has 31 heavy (non-hydrogen) atoms. The van der Waals surface area contributed by atoms with Gasteiger partial charge in [0.25, 0.3) is 11.8 Å². The maximum Gasteiger partial charge on any atom is 0.268 e. The molecule has 2 aliphatic heterocycles. The summed E-state index contributed by atoms with van der Waals surface area (Å²) in [7, 11) is 0. The number of carbonyl (C=O) groups is 2. The molecule has 2 heterocycles. The summed E-state index contributed by atoms with van der Waals surface area (Å²) in [6, 6.07) is 22.9. The average molecular weight is 449 g/mol. The van der Waals surface area contributed by atoms with Crippen LogP contribution in [-0.4, -0.2) is 29.0 Å². The summed E-state index contributed by atoms with van der Waals surface area (Å²) in [6.07, 6.45) is 0. The van der Waals surface area contributed by atoms with Gasteiger partial charge < -0.3 is 9.80 Å². The third-order valence-corrected chi connectivity index (χ3v) is 7.54. The highest BCUT2D eigenvalue weighted by Crippen LogP contribution is 2.55. The lowest BCUT2D eigenvalue weighted by molar-refractivity contribution is -0.123. The first-order valence-electron chi connectivity index (χ1n) is 10.2. The van der Waals surface area contributed by atoms with Crippen molar-refractivity contribution in [2.24, 2.45) is 0 Å². The first-order valence-corrected chi connectivity index (χ1v) is 11.6. The molecule has 3 aromatic carbocycles. The van der Waals surface area contributed by atoms with E-state index in [0.29, 0.717) is 29.4 Å². The SMILES string of the molecule is Cc1ccc(C(=O)N2CCS[C@@]23C(=O)N(Cc2ccccc2)c2ccc(Cl)cc23)cc1. The van der Waals surface area contributed by atoms with Crippen LogP contribution in [0.3, 0.4) is 0 Å². The highest BCUT2D eigenvalue weighted by molar-refractivity contribution is 8.01. The van der Waals surface area contributed by atoms with Crippen LogP contribution in [0.4, 0.5) is 5.69 Å². The van der Waals surface area contributed by atoms with Gasteiger partial charge in [0.1, 0.15) is 0 Å². The number of halogens is 1. The maximum absolute atomic E-state index is 14.0. The van der Waals surface area contributed by atoms with Crippen molar-refractivity contribution in [2.45, 2.75) is 18.3 Å². The molecule has 0 radical (unpaired) electrons. The van der Waals surface area contributed by atoms with Crippen LogP contribution in [-0.2, 0) is 16.2 Å². The zero-order chi connectivity index (χ0) is 21.6. The summed E-state index contributed by atoms with van der Waals surface area (Å²) in [5.41, 5.74) is 4.32. The van der Waals surface area contributed by atoms with E-state index in [0.717, 1.165) is 22.4 Å². The molecule has 0 saturated carbocycles. The topological polar surface area (TPSA) is 40.6 Å². The Labute approximate surface area is 190 Å². The van der Waals surface area contributed by atoms with Gasteiger partial charge in [-0.1, -0.05) is 59.6 Å². The Morgan fingerprint density at radius 1 is 1.06 bits per heavy atom. The standard InChI is InChI=1S/C25H21ClN2O2S/c1-17-7-9-19(10-8-17)23(29)28-13-14-31-25(28)21-15-20(26)11-12-22(21)27(24(25)30)16-18-5-3-2-4-6-18/h2-12,15H,13-14,16H2,1H3/t25-/m0/s1. The van der Waals surface area contributed by atoms with Gasteiger partial charge in [-0.2, -0.15) is 0 Å². The molecule has 0 aliphatic carbocycles. The number of rotatable bonds is 3. The number of aryl methyl sites for hydroxylation is 1. The molecule has 1 atom stereocenters. The first-order chi connectivity index (χ1) is 15.0. The number of hydrogen-bond donors (Lipinski definition) is 0. The Balaban J connectivity index is 1.60. The van der Waals surface area contributed by atoms with Crippen LogP contribution in [0.1, 0.15) is 27.0 Å². The Bertz CT molecular complexity index is 1170. The molecule has 2 aliphatic rings. The van der Waals surface area contributed by atoms with Crippen molar-refractivity contribution in [1.29, 1.82) is 0 Å². The summed E-state index contributed by atoms with van der Waals surface area (Å²) >= 11 is 7.88. The maximum atomic E-state index is 14.0. The molecule has 4 nitrogen and oxygen atoms in total. The van der Waals surface area contributed by atoms with Crippen molar-refractivity contribution >= 4 is 40.9 Å². The van der Waals surface area contributed by atoms with Crippen LogP contribution >= 0.6 is 23.4 Å². The van der Waals surface area contributed by atoms with Gasteiger partial charge in [0.15, 0.2) is 4.87 Å². The lowest BCUT2D eigenvalue weighted by Crippen LogP contribution is -2.50. The van der Waals surface area contributed by atoms with Crippen molar-refractivity contribution < 1.29 is 9.59 Å². The van der Waals surface area contributed by atoms with E-state index in [4.69, 9.17) is 11.6 Å². The fourth-order valence-electron chi connectivity index (χ4n) is 4.36. The van der Waals surface area contributed by atoms with Crippen molar-refractivity contribution in [3.05, 3.63) is 100 Å². The molecule has 5 rings (SSSR count). The highest BCUT2D eigenvalue weighted by Gasteiger charge is 2.59. The average Bonchev–Trinajstić information content (AvgIpc) is 3.32. The van der Waals surface area contributed by atoms with E-state index < -0.39 is 4.87 Å². The van der Waals surface area contributed by atoms with Crippen molar-refractivity contribution in [2.75, 3.05) is 17.2 Å². The number of thioether (sulfide) groups is 1. The van der Waals surface area contributed by atoms with Crippen LogP contribution in [0, 0.1) is 6.92 Å². The van der Waals surface area contributed by atoms with Gasteiger partial charge in [-0.15, -0.1) is 11.8 Å². The van der Waals surface area contributed by atoms with Gasteiger partial charge in [-0.3, -0.25) is 9.59 Å². The normalized spacial score (nSPS) is 19.9. The van der Waals surface area contributed by atoms with E-state index in [1.807, 2.05) is 73.7 Å². The minimum Gasteiger partial charge on any atom is -0.311 e. The van der Waals surface area contributed by atoms with Crippen molar-refractivity contribution in [3.8, 4) is 0 Å². The fraction of sp³-hybridized carbons (Fsp3) is 0.200. The third-order valence-electron chi connectivity index (χ3n) is 5.88. The quantitative estimate of drug-likeness (QED) is 0.550. The molecular weight excluding hydrogens is 428 g/mol. The van der Waals surface area contributed by atoms with Crippen LogP contribution < -0.4 is 4.90 Å². The lowest BCUT2D eigenvalue weighted by Gasteiger charge is -2.33. The van der Waals surface area contributed by atoms with Crippen LogP contribution in [0.25, 0.3) is 0 Å². The second-order valence-corrected chi connectivity index (χ2v) is 9.58. The first kappa shape index (κ1) is 20.2. The Hall–Kier alpha value is -2.76. The minimum absolute atomic E-state index is 0.0865. The van der Waals surface area contributed by atoms with Gasteiger partial charge in [0, 0.05) is 28.4 Å². The number of anilines is 1. The van der Waals surface area contributed by atoms with Gasteiger partial charge in [-0.05, 0) is 42.8 Å². The van der Waals surface area contributed by atoms with Crippen LogP contribution in [0.15, 0.2) is 72.8 Å². The lowest BCUT2D eigenvalue weighted by atomic mass is 10.0. The molecular formula is C25H21ClN2O2S. The molecule has 1 fully saturated rings. The number of fused-ring (bicyclic) bond motifs is 2. The molecule has 1 saturated heterocycles. The van der Waals surface area contributed by atoms with E-state index >= 15 is 0 Å². The molecule has 0 N–H and O–H groups in total. The zero-order valence-corrected chi connectivity index (χ0v) is 18.6. The molecule has 0 unspecified atom stereocenters. The zero-order valence-electron chi connectivity index (χ0n) is 17.0. The molecule has 1 spiro atoms. The summed E-state index contributed by atoms with van der Waals surface area (Å²) in [4.78, 5) is 29.9. The van der Waals surface area contributed by atoms with E-state index in [2.05, 4.69) is 0 Å². The van der Waals surface area contributed by atoms with Gasteiger partial charge in [0.05, 0.1) is 12.2 Å². The number of amides is 2. The Morgan fingerprint density at radius 2 is 1.81 bits per heavy atom. The highest BCUT2D eigenvalue weighted by atomic mass is 35.5. The Kier molecular flexibility index (Phi) is 5.03. The molecule has 2 amide bonds. The van der Waals surface area contributed by atoms with E-state index in [1.165, 1.54) is 11.8 Å². The largest absolute Gasteiger partial charge is 0.311 e. The van der Waals surface area contributed by atoms with Crippen molar-refractivity contribution in [3.63, 3.8) is 0 Å². The number of hydrogen-bond acceptors (Lipinski definition) is 3. The summed E-state index contributed by atoms with van der Waals surface area (Å²) < 4.78 is 0. The van der Waals surface area contributed by atoms with Crippen LogP contribution in [0.2, 0.25) is 5.02 Å². The fourth-order valence-corrected chi connectivity index (χ4v) is 5.99. The van der Waals surface area contributed by atoms with Gasteiger partial charge in [-0.25, -0.2) is 0 Å². The molecule has 0 bridgehead atoms. The van der Waals surface area contributed by atoms with E-state index in [9.17, 15) is 9.59 Å². The summed E-state index contributed by atoms with van der Waals surface area (Å²) in [5, 5.41) is 0.558. The molecule has 0 aromatic heterocycles. The minimum atomic E-state index is -1.09. The molecule has 6 heteroatoms. The molecule has 156 valence electrons. The molecule has 3 aromatic rings. The number of nitrogens with zero attached hydrogens (tertiary/aromatic N) is 2. The number of carbonyl (C=O) groups excluding carboxylic acids is 2. The Morgan fingerprint density at radius 3 is 2.55 bits per heavy atom. The predicted octanol–water partition coefficient (Wildman–Crippen LogP) is 5.24. The van der Waals surface area contributed by atoms with Crippen LogP contribution in [0.5, 0.6) is 0 Å². The predicted molar refractivity (Wildman–Crippen MR) is 125 cm³/mol. The monoisotopic (exact) mass is 448 g/mol.